The minimum absolute atomic E-state index is 0.902. The van der Waals surface area contributed by atoms with Crippen molar-refractivity contribution >= 4 is 0 Å². The second-order valence-corrected chi connectivity index (χ2v) is 3.42. The lowest BCUT2D eigenvalue weighted by molar-refractivity contribution is 0.480. The normalized spacial score (nSPS) is 10.1. The Morgan fingerprint density at radius 1 is 1.14 bits per heavy atom. The molecule has 72 valence electrons. The van der Waals surface area contributed by atoms with E-state index in [1.807, 2.05) is 36.4 Å². The van der Waals surface area contributed by atoms with Gasteiger partial charge in [-0.1, -0.05) is 12.1 Å². The monoisotopic (exact) mass is 185 g/mol. The lowest BCUT2D eigenvalue weighted by Gasteiger charge is -2.13. The van der Waals surface area contributed by atoms with Gasteiger partial charge in [0, 0.05) is 0 Å². The zero-order valence-corrected chi connectivity index (χ0v) is 8.45. The van der Waals surface area contributed by atoms with E-state index in [9.17, 15) is 0 Å². The molecule has 0 heterocycles. The van der Waals surface area contributed by atoms with Crippen LogP contribution in [0.4, 0.5) is 0 Å². The van der Waals surface area contributed by atoms with Gasteiger partial charge in [0.1, 0.15) is 5.75 Å². The summed E-state index contributed by atoms with van der Waals surface area (Å²) >= 11 is 0. The number of aryl methyl sites for hydroxylation is 1. The van der Waals surface area contributed by atoms with Crippen molar-refractivity contribution in [3.8, 4) is 11.5 Å². The molecule has 0 radical (unpaired) electrons. The SMILES string of the molecule is Cc1cccc(Oc2cc[cH-]c2)c1C. The average molecular weight is 185 g/mol. The first-order chi connectivity index (χ1) is 6.77. The van der Waals surface area contributed by atoms with E-state index in [-0.39, 0.29) is 0 Å². The summed E-state index contributed by atoms with van der Waals surface area (Å²) in [6.45, 7) is 4.17. The van der Waals surface area contributed by atoms with Crippen LogP contribution < -0.4 is 4.74 Å². The molecular formula is C13H13O-. The molecule has 2 aromatic carbocycles. The summed E-state index contributed by atoms with van der Waals surface area (Å²) in [6.07, 6.45) is 0. The molecule has 0 N–H and O–H groups in total. The van der Waals surface area contributed by atoms with Crippen LogP contribution in [0.15, 0.2) is 42.5 Å². The van der Waals surface area contributed by atoms with E-state index in [1.54, 1.807) is 0 Å². The lowest BCUT2D eigenvalue weighted by Crippen LogP contribution is -1.88. The predicted octanol–water partition coefficient (Wildman–Crippen LogP) is 3.81. The first-order valence-electron chi connectivity index (χ1n) is 4.73. The van der Waals surface area contributed by atoms with Crippen LogP contribution in [-0.2, 0) is 0 Å². The van der Waals surface area contributed by atoms with Gasteiger partial charge in [-0.05, 0) is 36.8 Å². The Hall–Kier alpha value is -1.63. The summed E-state index contributed by atoms with van der Waals surface area (Å²) < 4.78 is 5.73. The smallest absolute Gasteiger partial charge is 0.112 e. The maximum Gasteiger partial charge on any atom is 0.112 e. The second-order valence-electron chi connectivity index (χ2n) is 3.42. The maximum atomic E-state index is 5.73. The van der Waals surface area contributed by atoms with Gasteiger partial charge in [-0.3, -0.25) is 0 Å². The summed E-state index contributed by atoms with van der Waals surface area (Å²) in [5.41, 5.74) is 2.46. The Kier molecular flexibility index (Phi) is 2.32. The van der Waals surface area contributed by atoms with Gasteiger partial charge in [0.15, 0.2) is 0 Å². The Morgan fingerprint density at radius 2 is 2.00 bits per heavy atom. The highest BCUT2D eigenvalue weighted by Crippen LogP contribution is 2.26. The highest BCUT2D eigenvalue weighted by Gasteiger charge is 1.99. The Labute approximate surface area is 84.3 Å². The van der Waals surface area contributed by atoms with E-state index in [2.05, 4.69) is 19.9 Å². The zero-order valence-electron chi connectivity index (χ0n) is 8.45. The lowest BCUT2D eigenvalue weighted by atomic mass is 10.1. The fraction of sp³-hybridized carbons (Fsp3) is 0.154. The molecule has 0 aliphatic rings. The summed E-state index contributed by atoms with van der Waals surface area (Å²) in [7, 11) is 0. The van der Waals surface area contributed by atoms with E-state index in [1.165, 1.54) is 11.1 Å². The Morgan fingerprint density at radius 3 is 2.71 bits per heavy atom. The molecule has 2 aromatic rings. The zero-order chi connectivity index (χ0) is 9.97. The molecule has 0 spiro atoms. The molecule has 0 aliphatic heterocycles. The number of rotatable bonds is 2. The van der Waals surface area contributed by atoms with Crippen molar-refractivity contribution < 1.29 is 4.74 Å². The van der Waals surface area contributed by atoms with Crippen molar-refractivity contribution in [3.63, 3.8) is 0 Å². The molecule has 0 fully saturated rings. The largest absolute Gasteiger partial charge is 0.528 e. The molecule has 1 heteroatoms. The van der Waals surface area contributed by atoms with E-state index < -0.39 is 0 Å². The van der Waals surface area contributed by atoms with E-state index in [4.69, 9.17) is 4.74 Å². The second kappa shape index (κ2) is 3.62. The van der Waals surface area contributed by atoms with Crippen LogP contribution in [0.2, 0.25) is 0 Å². The number of benzene rings is 1. The van der Waals surface area contributed by atoms with Gasteiger partial charge in [-0.2, -0.15) is 18.2 Å². The van der Waals surface area contributed by atoms with Gasteiger partial charge >= 0.3 is 0 Å². The quantitative estimate of drug-likeness (QED) is 0.646. The van der Waals surface area contributed by atoms with Crippen molar-refractivity contribution in [2.45, 2.75) is 13.8 Å². The molecule has 0 aromatic heterocycles. The van der Waals surface area contributed by atoms with Crippen molar-refractivity contribution in [2.75, 3.05) is 0 Å². The predicted molar refractivity (Wildman–Crippen MR) is 58.0 cm³/mol. The molecule has 0 atom stereocenters. The molecule has 0 saturated carbocycles. The van der Waals surface area contributed by atoms with E-state index >= 15 is 0 Å². The Bertz CT molecular complexity index is 413. The number of hydrogen-bond donors (Lipinski definition) is 0. The highest BCUT2D eigenvalue weighted by molar-refractivity contribution is 5.41. The third kappa shape index (κ3) is 1.67. The van der Waals surface area contributed by atoms with E-state index in [0.717, 1.165) is 11.5 Å². The molecule has 0 unspecified atom stereocenters. The van der Waals surface area contributed by atoms with Crippen molar-refractivity contribution in [1.29, 1.82) is 0 Å². The fourth-order valence-electron chi connectivity index (χ4n) is 1.39. The molecule has 1 nitrogen and oxygen atoms in total. The van der Waals surface area contributed by atoms with Gasteiger partial charge in [-0.15, -0.1) is 6.07 Å². The number of ether oxygens (including phenoxy) is 1. The van der Waals surface area contributed by atoms with Crippen LogP contribution >= 0.6 is 0 Å². The molecule has 0 saturated heterocycles. The first-order valence-corrected chi connectivity index (χ1v) is 4.73. The van der Waals surface area contributed by atoms with Crippen LogP contribution in [0.1, 0.15) is 11.1 Å². The molecule has 0 amide bonds. The summed E-state index contributed by atoms with van der Waals surface area (Å²) in [6, 6.07) is 14.0. The highest BCUT2D eigenvalue weighted by atomic mass is 16.5. The molecule has 14 heavy (non-hydrogen) atoms. The minimum atomic E-state index is 0.902. The third-order valence-corrected chi connectivity index (χ3v) is 2.41. The van der Waals surface area contributed by atoms with Gasteiger partial charge in [0.2, 0.25) is 0 Å². The minimum Gasteiger partial charge on any atom is -0.528 e. The van der Waals surface area contributed by atoms with Gasteiger partial charge in [0.25, 0.3) is 0 Å². The topological polar surface area (TPSA) is 9.23 Å². The maximum absolute atomic E-state index is 5.73. The van der Waals surface area contributed by atoms with Gasteiger partial charge in [-0.25, -0.2) is 0 Å². The van der Waals surface area contributed by atoms with Crippen LogP contribution in [-0.4, -0.2) is 0 Å². The summed E-state index contributed by atoms with van der Waals surface area (Å²) in [5, 5.41) is 0. The van der Waals surface area contributed by atoms with Crippen LogP contribution in [0.3, 0.4) is 0 Å². The van der Waals surface area contributed by atoms with Crippen molar-refractivity contribution in [1.82, 2.24) is 0 Å². The first kappa shape index (κ1) is 8.95. The Balaban J connectivity index is 2.29. The summed E-state index contributed by atoms with van der Waals surface area (Å²) in [4.78, 5) is 0. The standard InChI is InChI=1S/C13H13O/c1-10-6-5-9-13(11(10)2)14-12-7-3-4-8-12/h3-9H,1-2H3/q-1. The summed E-state index contributed by atoms with van der Waals surface area (Å²) in [5.74, 6) is 1.84. The molecule has 0 bridgehead atoms. The molecule has 0 aliphatic carbocycles. The third-order valence-electron chi connectivity index (χ3n) is 2.41. The van der Waals surface area contributed by atoms with Crippen LogP contribution in [0, 0.1) is 13.8 Å². The van der Waals surface area contributed by atoms with E-state index in [0.29, 0.717) is 0 Å². The van der Waals surface area contributed by atoms with Crippen LogP contribution in [0.5, 0.6) is 11.5 Å². The fourth-order valence-corrected chi connectivity index (χ4v) is 1.39. The molecular weight excluding hydrogens is 172 g/mol. The van der Waals surface area contributed by atoms with Crippen molar-refractivity contribution in [3.05, 3.63) is 53.6 Å². The average Bonchev–Trinajstić information content (AvgIpc) is 2.66. The number of hydrogen-bond acceptors (Lipinski definition) is 1. The van der Waals surface area contributed by atoms with Gasteiger partial charge in [0.05, 0.1) is 0 Å². The van der Waals surface area contributed by atoms with Crippen molar-refractivity contribution in [2.24, 2.45) is 0 Å². The van der Waals surface area contributed by atoms with Gasteiger partial charge < -0.3 is 4.74 Å². The molecule has 2 rings (SSSR count). The van der Waals surface area contributed by atoms with Crippen LogP contribution in [0.25, 0.3) is 0 Å².